The highest BCUT2D eigenvalue weighted by Crippen LogP contribution is 2.15. The Balaban J connectivity index is 1.88. The molecule has 18 heavy (non-hydrogen) atoms. The van der Waals surface area contributed by atoms with Gasteiger partial charge in [-0.25, -0.2) is 9.37 Å². The van der Waals surface area contributed by atoms with Gasteiger partial charge in [0.05, 0.1) is 11.4 Å². The highest BCUT2D eigenvalue weighted by atomic mass is 32.1. The zero-order valence-electron chi connectivity index (χ0n) is 9.52. The molecule has 2 aromatic rings. The second kappa shape index (κ2) is 5.59. The maximum atomic E-state index is 13.3. The molecule has 2 rings (SSSR count). The van der Waals surface area contributed by atoms with Gasteiger partial charge in [0, 0.05) is 11.8 Å². The minimum Gasteiger partial charge on any atom is -0.375 e. The van der Waals surface area contributed by atoms with Crippen LogP contribution in [0.3, 0.4) is 0 Å². The molecule has 0 aliphatic heterocycles. The van der Waals surface area contributed by atoms with E-state index < -0.39 is 5.82 Å². The predicted octanol–water partition coefficient (Wildman–Crippen LogP) is 2.44. The fraction of sp³-hybridized carbons (Fsp3) is 0.167. The van der Waals surface area contributed by atoms with E-state index in [0.717, 1.165) is 5.69 Å². The van der Waals surface area contributed by atoms with Crippen LogP contribution in [0, 0.1) is 5.82 Å². The molecule has 0 atom stereocenters. The van der Waals surface area contributed by atoms with Crippen LogP contribution < -0.4 is 11.1 Å². The van der Waals surface area contributed by atoms with Crippen LogP contribution in [0.5, 0.6) is 0 Å². The lowest BCUT2D eigenvalue weighted by atomic mass is 10.2. The van der Waals surface area contributed by atoms with Crippen molar-refractivity contribution in [1.29, 1.82) is 0 Å². The fourth-order valence-electron chi connectivity index (χ4n) is 1.45. The van der Waals surface area contributed by atoms with Gasteiger partial charge in [0.1, 0.15) is 5.82 Å². The molecule has 1 aromatic heterocycles. The number of nitrogen functional groups attached to an aromatic ring is 1. The number of aromatic nitrogens is 1. The molecule has 1 aromatic carbocycles. The second-order valence-electron chi connectivity index (χ2n) is 3.71. The summed E-state index contributed by atoms with van der Waals surface area (Å²) in [7, 11) is 0. The highest BCUT2D eigenvalue weighted by molar-refractivity contribution is 7.13. The lowest BCUT2D eigenvalue weighted by Crippen LogP contribution is -2.13. The number of nitrogens with zero attached hydrogens (tertiary/aromatic N) is 1. The van der Waals surface area contributed by atoms with Gasteiger partial charge in [0.15, 0.2) is 5.13 Å². The second-order valence-corrected chi connectivity index (χ2v) is 4.59. The number of halogens is 1. The number of benzene rings is 1. The predicted molar refractivity (Wildman–Crippen MR) is 69.9 cm³/mol. The van der Waals surface area contributed by atoms with Gasteiger partial charge in [-0.05, 0) is 18.6 Å². The normalized spacial score (nSPS) is 10.3. The average Bonchev–Trinajstić information content (AvgIpc) is 2.76. The molecule has 0 aliphatic carbocycles. The zero-order valence-corrected chi connectivity index (χ0v) is 10.3. The van der Waals surface area contributed by atoms with E-state index in [-0.39, 0.29) is 18.0 Å². The Bertz CT molecular complexity index is 556. The molecular weight excluding hydrogens is 253 g/mol. The Labute approximate surface area is 108 Å². The molecule has 0 saturated heterocycles. The molecule has 0 bridgehead atoms. The molecule has 3 N–H and O–H groups in total. The van der Waals surface area contributed by atoms with E-state index in [9.17, 15) is 9.18 Å². The summed E-state index contributed by atoms with van der Waals surface area (Å²) in [4.78, 5) is 15.7. The molecule has 0 spiro atoms. The molecule has 0 saturated carbocycles. The topological polar surface area (TPSA) is 68.0 Å². The van der Waals surface area contributed by atoms with Crippen LogP contribution in [0.25, 0.3) is 0 Å². The van der Waals surface area contributed by atoms with Crippen molar-refractivity contribution in [3.8, 4) is 0 Å². The summed E-state index contributed by atoms with van der Waals surface area (Å²) >= 11 is 1.34. The Morgan fingerprint density at radius 3 is 2.89 bits per heavy atom. The summed E-state index contributed by atoms with van der Waals surface area (Å²) in [5, 5.41) is 4.81. The highest BCUT2D eigenvalue weighted by Gasteiger charge is 2.07. The van der Waals surface area contributed by atoms with Gasteiger partial charge in [0.25, 0.3) is 0 Å². The third-order valence-electron chi connectivity index (χ3n) is 2.33. The third-order valence-corrected chi connectivity index (χ3v) is 3.05. The van der Waals surface area contributed by atoms with E-state index in [1.165, 1.54) is 23.5 Å². The van der Waals surface area contributed by atoms with Gasteiger partial charge in [-0.2, -0.15) is 0 Å². The fourth-order valence-corrected chi connectivity index (χ4v) is 2.05. The van der Waals surface area contributed by atoms with Gasteiger partial charge in [-0.3, -0.25) is 4.79 Å². The number of nitrogens with two attached hydrogens (primary N) is 1. The average molecular weight is 265 g/mol. The molecule has 1 heterocycles. The van der Waals surface area contributed by atoms with Crippen molar-refractivity contribution in [2.45, 2.75) is 12.8 Å². The van der Waals surface area contributed by atoms with Crippen molar-refractivity contribution in [1.82, 2.24) is 4.98 Å². The summed E-state index contributed by atoms with van der Waals surface area (Å²) in [6, 6.07) is 6.06. The van der Waals surface area contributed by atoms with Crippen molar-refractivity contribution < 1.29 is 9.18 Å². The first-order valence-corrected chi connectivity index (χ1v) is 6.27. The molecular formula is C12H12FN3OS. The van der Waals surface area contributed by atoms with E-state index in [0.29, 0.717) is 11.6 Å². The minimum absolute atomic E-state index is 0.195. The number of hydrogen-bond donors (Lipinski definition) is 2. The monoisotopic (exact) mass is 265 g/mol. The van der Waals surface area contributed by atoms with Crippen molar-refractivity contribution >= 4 is 28.1 Å². The Hall–Kier alpha value is -1.95. The third kappa shape index (κ3) is 3.27. The van der Waals surface area contributed by atoms with Gasteiger partial charge in [-0.15, -0.1) is 11.3 Å². The van der Waals surface area contributed by atoms with Crippen molar-refractivity contribution in [3.63, 3.8) is 0 Å². The number of para-hydroxylation sites is 1. The number of nitrogens with one attached hydrogen (secondary N) is 1. The number of carbonyl (C=O) groups is 1. The first kappa shape index (κ1) is 12.5. The van der Waals surface area contributed by atoms with Crippen LogP contribution in [0.15, 0.2) is 29.6 Å². The standard InChI is InChI=1S/C12H12FN3OS/c13-9-3-1-2-4-10(9)16-11(17)6-5-8-7-18-12(14)15-8/h1-4,7H,5-6H2,(H2,14,15)(H,16,17). The first-order valence-electron chi connectivity index (χ1n) is 5.39. The van der Waals surface area contributed by atoms with E-state index in [1.54, 1.807) is 12.1 Å². The largest absolute Gasteiger partial charge is 0.375 e. The molecule has 0 fully saturated rings. The van der Waals surface area contributed by atoms with E-state index in [1.807, 2.05) is 5.38 Å². The molecule has 0 radical (unpaired) electrons. The van der Waals surface area contributed by atoms with Crippen LogP contribution in [0.1, 0.15) is 12.1 Å². The summed E-state index contributed by atoms with van der Waals surface area (Å²) in [6.07, 6.45) is 0.742. The summed E-state index contributed by atoms with van der Waals surface area (Å²) in [5.74, 6) is -0.685. The van der Waals surface area contributed by atoms with E-state index in [2.05, 4.69) is 10.3 Å². The van der Waals surface area contributed by atoms with Crippen LogP contribution in [-0.4, -0.2) is 10.9 Å². The quantitative estimate of drug-likeness (QED) is 0.892. The van der Waals surface area contributed by atoms with Crippen molar-refractivity contribution in [2.75, 3.05) is 11.1 Å². The lowest BCUT2D eigenvalue weighted by molar-refractivity contribution is -0.116. The van der Waals surface area contributed by atoms with E-state index in [4.69, 9.17) is 5.73 Å². The minimum atomic E-state index is -0.441. The number of rotatable bonds is 4. The maximum Gasteiger partial charge on any atom is 0.224 e. The summed E-state index contributed by atoms with van der Waals surface area (Å²) in [6.45, 7) is 0. The number of carbonyl (C=O) groups excluding carboxylic acids is 1. The van der Waals surface area contributed by atoms with Crippen molar-refractivity contribution in [2.24, 2.45) is 0 Å². The molecule has 4 nitrogen and oxygen atoms in total. The van der Waals surface area contributed by atoms with Crippen LogP contribution in [0.4, 0.5) is 15.2 Å². The first-order chi connectivity index (χ1) is 8.65. The van der Waals surface area contributed by atoms with Crippen LogP contribution >= 0.6 is 11.3 Å². The van der Waals surface area contributed by atoms with Crippen molar-refractivity contribution in [3.05, 3.63) is 41.2 Å². The molecule has 1 amide bonds. The number of amides is 1. The summed E-state index contributed by atoms with van der Waals surface area (Å²) in [5.41, 5.74) is 6.46. The summed E-state index contributed by atoms with van der Waals surface area (Å²) < 4.78 is 13.3. The van der Waals surface area contributed by atoms with Gasteiger partial charge < -0.3 is 11.1 Å². The smallest absolute Gasteiger partial charge is 0.224 e. The van der Waals surface area contributed by atoms with Crippen LogP contribution in [0.2, 0.25) is 0 Å². The van der Waals surface area contributed by atoms with Gasteiger partial charge in [-0.1, -0.05) is 12.1 Å². The van der Waals surface area contributed by atoms with Crippen LogP contribution in [-0.2, 0) is 11.2 Å². The molecule has 0 unspecified atom stereocenters. The maximum absolute atomic E-state index is 13.3. The van der Waals surface area contributed by atoms with E-state index >= 15 is 0 Å². The molecule has 6 heteroatoms. The number of anilines is 2. The van der Waals surface area contributed by atoms with Gasteiger partial charge in [0.2, 0.25) is 5.91 Å². The molecule has 0 aliphatic rings. The Morgan fingerprint density at radius 2 is 2.22 bits per heavy atom. The Morgan fingerprint density at radius 1 is 1.44 bits per heavy atom. The van der Waals surface area contributed by atoms with Gasteiger partial charge >= 0.3 is 0 Å². The number of hydrogen-bond acceptors (Lipinski definition) is 4. The number of aryl methyl sites for hydroxylation is 1. The number of thiazole rings is 1. The lowest BCUT2D eigenvalue weighted by Gasteiger charge is -2.05. The molecule has 94 valence electrons. The Kier molecular flexibility index (Phi) is 3.88. The zero-order chi connectivity index (χ0) is 13.0. The SMILES string of the molecule is Nc1nc(CCC(=O)Nc2ccccc2F)cs1.